The lowest BCUT2D eigenvalue weighted by molar-refractivity contribution is -0.257. The second-order valence-electron chi connectivity index (χ2n) is 10.8. The molecule has 2 aromatic carbocycles. The van der Waals surface area contributed by atoms with Gasteiger partial charge in [-0.25, -0.2) is 0 Å². The molecule has 1 unspecified atom stereocenters. The lowest BCUT2D eigenvalue weighted by Crippen LogP contribution is -2.53. The van der Waals surface area contributed by atoms with Crippen molar-refractivity contribution in [3.05, 3.63) is 51.6 Å². The largest absolute Gasteiger partial charge is 0.507 e. The predicted molar refractivity (Wildman–Crippen MR) is 135 cm³/mol. The van der Waals surface area contributed by atoms with Gasteiger partial charge in [0.1, 0.15) is 17.2 Å². The number of likely N-dealkylation sites (N-methyl/N-ethyl adjacent to an activating group) is 1. The highest BCUT2D eigenvalue weighted by molar-refractivity contribution is 6.31. The van der Waals surface area contributed by atoms with E-state index in [4.69, 9.17) is 9.47 Å². The van der Waals surface area contributed by atoms with Crippen LogP contribution in [0.15, 0.2) is 18.2 Å². The van der Waals surface area contributed by atoms with E-state index in [1.54, 1.807) is 13.8 Å². The fourth-order valence-corrected chi connectivity index (χ4v) is 6.03. The molecule has 0 saturated carbocycles. The number of ether oxygens (including phenoxy) is 2. The Kier molecular flexibility index (Phi) is 6.52. The smallest absolute Gasteiger partial charge is 0.202 e. The predicted octanol–water partition coefficient (Wildman–Crippen LogP) is 2.15. The van der Waals surface area contributed by atoms with Crippen LogP contribution in [0.3, 0.4) is 0 Å². The summed E-state index contributed by atoms with van der Waals surface area (Å²) in [6.07, 6.45) is -2.56. The normalized spacial score (nSPS) is 30.7. The van der Waals surface area contributed by atoms with Crippen molar-refractivity contribution in [2.75, 3.05) is 14.1 Å². The molecule has 10 nitrogen and oxygen atoms in total. The molecule has 0 aromatic heterocycles. The maximum absolute atomic E-state index is 13.5. The highest BCUT2D eigenvalue weighted by Crippen LogP contribution is 2.52. The zero-order valence-electron chi connectivity index (χ0n) is 21.8. The summed E-state index contributed by atoms with van der Waals surface area (Å²) in [5.74, 6) is -2.95. The minimum Gasteiger partial charge on any atom is -0.507 e. The molecule has 2 aromatic rings. The molecule has 5 N–H and O–H groups in total. The maximum atomic E-state index is 13.5. The molecule has 2 aliphatic carbocycles. The van der Waals surface area contributed by atoms with Crippen LogP contribution in [-0.4, -0.2) is 86.2 Å². The van der Waals surface area contributed by atoms with E-state index in [9.17, 15) is 35.1 Å². The molecule has 0 radical (unpaired) electrons. The van der Waals surface area contributed by atoms with Gasteiger partial charge >= 0.3 is 0 Å². The molecule has 1 saturated heterocycles. The van der Waals surface area contributed by atoms with Gasteiger partial charge in [-0.1, -0.05) is 19.1 Å². The summed E-state index contributed by atoms with van der Waals surface area (Å²) in [6.45, 7) is 3.50. The highest BCUT2D eigenvalue weighted by atomic mass is 16.7. The first-order valence-electron chi connectivity index (χ1n) is 12.8. The number of aliphatic hydroxyl groups is 2. The number of phenolic OH excluding ortho intramolecular Hbond substituents is 3. The number of aromatic hydroxyl groups is 3. The number of benzene rings is 2. The summed E-state index contributed by atoms with van der Waals surface area (Å²) in [6, 6.07) is 3.79. The number of rotatable bonds is 4. The van der Waals surface area contributed by atoms with E-state index in [-0.39, 0.29) is 46.7 Å². The Labute approximate surface area is 220 Å². The van der Waals surface area contributed by atoms with Crippen LogP contribution in [0.5, 0.6) is 17.2 Å². The SMILES string of the molecule is CCC1(O)Cc2c(O)c3c(c(O)c2[C@H](O[C@H]2C[C@H](N(C)C)[C@H](O)[C@H](C)O2)C1)C(=O)c1c(O)cccc1C3=O. The number of hydrogen-bond acceptors (Lipinski definition) is 10. The number of fused-ring (bicyclic) bond motifs is 3. The highest BCUT2D eigenvalue weighted by Gasteiger charge is 2.47. The third-order valence-electron chi connectivity index (χ3n) is 8.26. The van der Waals surface area contributed by atoms with Gasteiger partial charge in [-0.2, -0.15) is 0 Å². The molecule has 1 aliphatic heterocycles. The van der Waals surface area contributed by atoms with E-state index in [2.05, 4.69) is 0 Å². The van der Waals surface area contributed by atoms with Crippen LogP contribution in [0.4, 0.5) is 0 Å². The Morgan fingerprint density at radius 2 is 1.76 bits per heavy atom. The molecule has 0 amide bonds. The quantitative estimate of drug-likeness (QED) is 0.319. The number of nitrogens with zero attached hydrogens (tertiary/aromatic N) is 1. The van der Waals surface area contributed by atoms with Crippen molar-refractivity contribution in [3.63, 3.8) is 0 Å². The van der Waals surface area contributed by atoms with Crippen LogP contribution in [0, 0.1) is 0 Å². The van der Waals surface area contributed by atoms with Gasteiger partial charge < -0.3 is 39.9 Å². The van der Waals surface area contributed by atoms with Crippen molar-refractivity contribution in [2.45, 2.75) is 75.8 Å². The first-order chi connectivity index (χ1) is 17.9. The van der Waals surface area contributed by atoms with Crippen LogP contribution in [0.25, 0.3) is 0 Å². The van der Waals surface area contributed by atoms with Crippen LogP contribution in [-0.2, 0) is 15.9 Å². The average molecular weight is 528 g/mol. The molecule has 1 heterocycles. The van der Waals surface area contributed by atoms with E-state index in [0.717, 1.165) is 0 Å². The Balaban J connectivity index is 1.64. The number of carbonyl (C=O) groups is 2. The van der Waals surface area contributed by atoms with Crippen molar-refractivity contribution >= 4 is 11.6 Å². The van der Waals surface area contributed by atoms with Gasteiger partial charge in [-0.05, 0) is 33.5 Å². The Bertz CT molecular complexity index is 1320. The Morgan fingerprint density at radius 1 is 1.08 bits per heavy atom. The molecule has 0 spiro atoms. The second kappa shape index (κ2) is 9.32. The maximum Gasteiger partial charge on any atom is 0.202 e. The van der Waals surface area contributed by atoms with Gasteiger partial charge in [-0.3, -0.25) is 9.59 Å². The van der Waals surface area contributed by atoms with Crippen molar-refractivity contribution in [1.29, 1.82) is 0 Å². The van der Waals surface area contributed by atoms with Crippen LogP contribution in [0.2, 0.25) is 0 Å². The van der Waals surface area contributed by atoms with Crippen molar-refractivity contribution in [1.82, 2.24) is 4.90 Å². The van der Waals surface area contributed by atoms with Crippen molar-refractivity contribution < 1.29 is 44.6 Å². The summed E-state index contributed by atoms with van der Waals surface area (Å²) in [5, 5.41) is 55.1. The molecule has 1 fully saturated rings. The van der Waals surface area contributed by atoms with Gasteiger partial charge in [-0.15, -0.1) is 0 Å². The summed E-state index contributed by atoms with van der Waals surface area (Å²) in [5.41, 5.74) is -2.19. The molecule has 3 aliphatic rings. The van der Waals surface area contributed by atoms with Crippen LogP contribution >= 0.6 is 0 Å². The molecular weight excluding hydrogens is 494 g/mol. The molecule has 10 heteroatoms. The lowest BCUT2D eigenvalue weighted by Gasteiger charge is -2.44. The van der Waals surface area contributed by atoms with Gasteiger partial charge in [0.2, 0.25) is 5.78 Å². The third-order valence-corrected chi connectivity index (χ3v) is 8.26. The number of phenols is 3. The Hall–Kier alpha value is -3.02. The average Bonchev–Trinajstić information content (AvgIpc) is 2.86. The first kappa shape index (κ1) is 26.6. The fourth-order valence-electron chi connectivity index (χ4n) is 6.03. The van der Waals surface area contributed by atoms with Gasteiger partial charge in [0.05, 0.1) is 40.6 Å². The number of carbonyl (C=O) groups excluding carboxylic acids is 2. The first-order valence-corrected chi connectivity index (χ1v) is 12.8. The molecule has 0 bridgehead atoms. The number of hydrogen-bond donors (Lipinski definition) is 5. The zero-order chi connectivity index (χ0) is 27.7. The zero-order valence-corrected chi connectivity index (χ0v) is 21.8. The standard InChI is InChI=1S/C28H33NO9/c1-5-28(36)10-14-20(17(11-28)38-18-9-15(29(3)4)23(31)12(2)37-18)27(35)22-21(25(14)33)24(32)13-7-6-8-16(30)19(13)26(22)34/h6-8,12,15,17-18,23,30-31,33,35-36H,5,9-11H2,1-4H3/t12-,15-,17+,18-,23+,28?/m0/s1. The van der Waals surface area contributed by atoms with Crippen molar-refractivity contribution in [2.24, 2.45) is 0 Å². The third kappa shape index (κ3) is 3.99. The number of aliphatic hydroxyl groups excluding tert-OH is 1. The molecule has 38 heavy (non-hydrogen) atoms. The molecule has 5 rings (SSSR count). The van der Waals surface area contributed by atoms with E-state index in [1.807, 2.05) is 19.0 Å². The van der Waals surface area contributed by atoms with Crippen molar-refractivity contribution in [3.8, 4) is 17.2 Å². The number of ketones is 2. The monoisotopic (exact) mass is 527 g/mol. The summed E-state index contributed by atoms with van der Waals surface area (Å²) in [7, 11) is 3.67. The van der Waals surface area contributed by atoms with Gasteiger partial charge in [0, 0.05) is 42.0 Å². The molecule has 6 atom stereocenters. The Morgan fingerprint density at radius 3 is 2.42 bits per heavy atom. The summed E-state index contributed by atoms with van der Waals surface area (Å²) in [4.78, 5) is 28.7. The van der Waals surface area contributed by atoms with Crippen LogP contribution in [0.1, 0.15) is 82.2 Å². The van der Waals surface area contributed by atoms with E-state index in [1.165, 1.54) is 18.2 Å². The second-order valence-corrected chi connectivity index (χ2v) is 10.8. The summed E-state index contributed by atoms with van der Waals surface area (Å²) < 4.78 is 12.2. The van der Waals surface area contributed by atoms with E-state index in [0.29, 0.717) is 12.8 Å². The minimum absolute atomic E-state index is 0.0374. The topological polar surface area (TPSA) is 157 Å². The molecular formula is C28H33NO9. The lowest BCUT2D eigenvalue weighted by atomic mass is 9.72. The minimum atomic E-state index is -1.32. The van der Waals surface area contributed by atoms with Crippen LogP contribution < -0.4 is 0 Å². The fraction of sp³-hybridized carbons (Fsp3) is 0.500. The molecule has 204 valence electrons. The van der Waals surface area contributed by atoms with E-state index >= 15 is 0 Å². The van der Waals surface area contributed by atoms with E-state index < -0.39 is 64.6 Å². The summed E-state index contributed by atoms with van der Waals surface area (Å²) >= 11 is 0. The van der Waals surface area contributed by atoms with Gasteiger partial charge in [0.15, 0.2) is 12.1 Å². The van der Waals surface area contributed by atoms with Gasteiger partial charge in [0.25, 0.3) is 0 Å².